The minimum Gasteiger partial charge on any atom is -0.379 e. The van der Waals surface area contributed by atoms with E-state index in [0.717, 1.165) is 6.07 Å². The standard InChI is InChI=1S/C17H15F3N2O4S/c18-13-9-15(20)16(10-14(13)19)21-17(23)11-2-1-3-12(8-11)27(24,25)22-4-6-26-7-5-22/h1-3,8-10H,4-7H2,(H,21,23). The zero-order valence-corrected chi connectivity index (χ0v) is 14.7. The van der Waals surface area contributed by atoms with Crippen LogP contribution in [0.5, 0.6) is 0 Å². The molecule has 1 saturated heterocycles. The van der Waals surface area contributed by atoms with Crippen LogP contribution in [0.3, 0.4) is 0 Å². The highest BCUT2D eigenvalue weighted by Crippen LogP contribution is 2.21. The maximum Gasteiger partial charge on any atom is 0.255 e. The van der Waals surface area contributed by atoms with Gasteiger partial charge in [0.15, 0.2) is 11.6 Å². The van der Waals surface area contributed by atoms with Crippen molar-refractivity contribution in [3.8, 4) is 0 Å². The van der Waals surface area contributed by atoms with E-state index >= 15 is 0 Å². The van der Waals surface area contributed by atoms with E-state index in [1.807, 2.05) is 0 Å². The van der Waals surface area contributed by atoms with Crippen LogP contribution in [0, 0.1) is 17.5 Å². The van der Waals surface area contributed by atoms with E-state index in [0.29, 0.717) is 12.1 Å². The molecule has 0 radical (unpaired) electrons. The Morgan fingerprint density at radius 1 is 1.00 bits per heavy atom. The van der Waals surface area contributed by atoms with Crippen molar-refractivity contribution in [3.05, 3.63) is 59.4 Å². The highest BCUT2D eigenvalue weighted by molar-refractivity contribution is 7.89. The summed E-state index contributed by atoms with van der Waals surface area (Å²) in [6, 6.07) is 5.98. The molecule has 6 nitrogen and oxygen atoms in total. The fourth-order valence-corrected chi connectivity index (χ4v) is 4.00. The van der Waals surface area contributed by atoms with Crippen LogP contribution < -0.4 is 5.32 Å². The molecule has 0 aliphatic carbocycles. The van der Waals surface area contributed by atoms with Gasteiger partial charge in [-0.05, 0) is 18.2 Å². The Balaban J connectivity index is 1.85. The molecule has 27 heavy (non-hydrogen) atoms. The Morgan fingerprint density at radius 3 is 2.37 bits per heavy atom. The summed E-state index contributed by atoms with van der Waals surface area (Å²) in [5.74, 6) is -4.72. The molecule has 0 aromatic heterocycles. The average molecular weight is 400 g/mol. The van der Waals surface area contributed by atoms with Crippen molar-refractivity contribution >= 4 is 21.6 Å². The number of carbonyl (C=O) groups is 1. The summed E-state index contributed by atoms with van der Waals surface area (Å²) in [6.45, 7) is 0.932. The zero-order valence-electron chi connectivity index (χ0n) is 13.9. The van der Waals surface area contributed by atoms with E-state index in [1.165, 1.54) is 22.5 Å². The van der Waals surface area contributed by atoms with E-state index in [-0.39, 0.29) is 36.8 Å². The molecule has 1 aliphatic rings. The summed E-state index contributed by atoms with van der Waals surface area (Å²) in [5.41, 5.74) is -0.631. The second kappa shape index (κ2) is 7.67. The van der Waals surface area contributed by atoms with Gasteiger partial charge in [0.1, 0.15) is 5.82 Å². The summed E-state index contributed by atoms with van der Waals surface area (Å²) in [6.07, 6.45) is 0. The zero-order chi connectivity index (χ0) is 19.6. The van der Waals surface area contributed by atoms with E-state index in [1.54, 1.807) is 0 Å². The minimum absolute atomic E-state index is 0.0755. The quantitative estimate of drug-likeness (QED) is 0.800. The SMILES string of the molecule is O=C(Nc1cc(F)c(F)cc1F)c1cccc(S(=O)(=O)N2CCOCC2)c1. The third kappa shape index (κ3) is 4.12. The molecule has 0 unspecified atom stereocenters. The van der Waals surface area contributed by atoms with Crippen molar-refractivity contribution in [3.63, 3.8) is 0 Å². The van der Waals surface area contributed by atoms with Crippen LogP contribution in [0.15, 0.2) is 41.3 Å². The molecular weight excluding hydrogens is 385 g/mol. The van der Waals surface area contributed by atoms with E-state index in [9.17, 15) is 26.4 Å². The molecule has 1 fully saturated rings. The molecule has 0 bridgehead atoms. The average Bonchev–Trinajstić information content (AvgIpc) is 2.67. The molecule has 1 N–H and O–H groups in total. The van der Waals surface area contributed by atoms with Gasteiger partial charge in [0.25, 0.3) is 5.91 Å². The Morgan fingerprint density at radius 2 is 1.67 bits per heavy atom. The van der Waals surface area contributed by atoms with Crippen LogP contribution in [-0.2, 0) is 14.8 Å². The second-order valence-corrected chi connectivity index (χ2v) is 7.68. The summed E-state index contributed by atoms with van der Waals surface area (Å²) in [7, 11) is -3.82. The van der Waals surface area contributed by atoms with Crippen molar-refractivity contribution in [2.75, 3.05) is 31.6 Å². The molecule has 3 rings (SSSR count). The summed E-state index contributed by atoms with van der Waals surface area (Å²) in [5, 5.41) is 2.10. The summed E-state index contributed by atoms with van der Waals surface area (Å²) >= 11 is 0. The molecule has 0 spiro atoms. The van der Waals surface area contributed by atoms with Crippen LogP contribution in [0.4, 0.5) is 18.9 Å². The number of hydrogen-bond donors (Lipinski definition) is 1. The first kappa shape index (κ1) is 19.3. The normalized spacial score (nSPS) is 15.5. The topological polar surface area (TPSA) is 75.7 Å². The van der Waals surface area contributed by atoms with Gasteiger partial charge in [-0.25, -0.2) is 21.6 Å². The lowest BCUT2D eigenvalue weighted by Gasteiger charge is -2.26. The van der Waals surface area contributed by atoms with Gasteiger partial charge in [0, 0.05) is 30.8 Å². The number of anilines is 1. The number of benzene rings is 2. The number of hydrogen-bond acceptors (Lipinski definition) is 4. The molecule has 10 heteroatoms. The lowest BCUT2D eigenvalue weighted by Crippen LogP contribution is -2.40. The minimum atomic E-state index is -3.82. The van der Waals surface area contributed by atoms with Gasteiger partial charge in [-0.1, -0.05) is 6.07 Å². The molecule has 2 aromatic rings. The lowest BCUT2D eigenvalue weighted by molar-refractivity contribution is 0.0730. The third-order valence-corrected chi connectivity index (χ3v) is 5.86. The lowest BCUT2D eigenvalue weighted by atomic mass is 10.2. The van der Waals surface area contributed by atoms with Gasteiger partial charge in [-0.3, -0.25) is 4.79 Å². The Bertz CT molecular complexity index is 976. The number of ether oxygens (including phenoxy) is 1. The van der Waals surface area contributed by atoms with Gasteiger partial charge in [0.05, 0.1) is 23.8 Å². The molecule has 1 amide bonds. The van der Waals surface area contributed by atoms with Crippen molar-refractivity contribution in [1.29, 1.82) is 0 Å². The number of nitrogens with one attached hydrogen (secondary N) is 1. The Hall–Kier alpha value is -2.43. The molecule has 1 aliphatic heterocycles. The van der Waals surface area contributed by atoms with Gasteiger partial charge in [0.2, 0.25) is 10.0 Å². The van der Waals surface area contributed by atoms with Crippen LogP contribution in [0.25, 0.3) is 0 Å². The van der Waals surface area contributed by atoms with Crippen LogP contribution >= 0.6 is 0 Å². The van der Waals surface area contributed by atoms with Gasteiger partial charge < -0.3 is 10.1 Å². The highest BCUT2D eigenvalue weighted by atomic mass is 32.2. The number of nitrogens with zero attached hydrogens (tertiary/aromatic N) is 1. The summed E-state index contributed by atoms with van der Waals surface area (Å²) in [4.78, 5) is 12.2. The van der Waals surface area contributed by atoms with E-state index in [4.69, 9.17) is 4.74 Å². The van der Waals surface area contributed by atoms with Crippen molar-refractivity contribution < 1.29 is 31.1 Å². The van der Waals surface area contributed by atoms with Crippen molar-refractivity contribution in [2.45, 2.75) is 4.90 Å². The molecule has 1 heterocycles. The molecule has 144 valence electrons. The Labute approximate surface area is 153 Å². The number of carbonyl (C=O) groups excluding carboxylic acids is 1. The van der Waals surface area contributed by atoms with Crippen LogP contribution in [0.1, 0.15) is 10.4 Å². The van der Waals surface area contributed by atoms with E-state index < -0.39 is 39.1 Å². The van der Waals surface area contributed by atoms with E-state index in [2.05, 4.69) is 5.32 Å². The molecule has 0 saturated carbocycles. The number of amides is 1. The molecular formula is C17H15F3N2O4S. The number of sulfonamides is 1. The van der Waals surface area contributed by atoms with Gasteiger partial charge in [-0.2, -0.15) is 4.31 Å². The maximum atomic E-state index is 13.7. The van der Waals surface area contributed by atoms with Crippen LogP contribution in [-0.4, -0.2) is 44.9 Å². The first-order valence-electron chi connectivity index (χ1n) is 7.93. The predicted octanol–water partition coefficient (Wildman–Crippen LogP) is 2.38. The Kier molecular flexibility index (Phi) is 5.49. The fraction of sp³-hybridized carbons (Fsp3) is 0.235. The number of halogens is 3. The van der Waals surface area contributed by atoms with Gasteiger partial charge >= 0.3 is 0 Å². The van der Waals surface area contributed by atoms with Crippen LogP contribution in [0.2, 0.25) is 0 Å². The molecule has 2 aromatic carbocycles. The van der Waals surface area contributed by atoms with Crippen molar-refractivity contribution in [1.82, 2.24) is 4.31 Å². The largest absolute Gasteiger partial charge is 0.379 e. The second-order valence-electron chi connectivity index (χ2n) is 5.74. The number of rotatable bonds is 4. The molecule has 0 atom stereocenters. The smallest absolute Gasteiger partial charge is 0.255 e. The first-order chi connectivity index (χ1) is 12.8. The summed E-state index contributed by atoms with van der Waals surface area (Å²) < 4.78 is 71.6. The predicted molar refractivity (Wildman–Crippen MR) is 90.3 cm³/mol. The van der Waals surface area contributed by atoms with Crippen molar-refractivity contribution in [2.24, 2.45) is 0 Å². The highest BCUT2D eigenvalue weighted by Gasteiger charge is 2.27. The maximum absolute atomic E-state index is 13.7. The first-order valence-corrected chi connectivity index (χ1v) is 9.37. The fourth-order valence-electron chi connectivity index (χ4n) is 2.55. The van der Waals surface area contributed by atoms with Gasteiger partial charge in [-0.15, -0.1) is 0 Å². The third-order valence-electron chi connectivity index (χ3n) is 3.96. The monoisotopic (exact) mass is 400 g/mol. The number of morpholine rings is 1.